The molecule has 0 bridgehead atoms. The number of phenols is 1. The van der Waals surface area contributed by atoms with Crippen molar-refractivity contribution in [2.45, 2.75) is 45.1 Å². The number of ether oxygens (including phenoxy) is 1. The lowest BCUT2D eigenvalue weighted by Crippen LogP contribution is -2.28. The predicted molar refractivity (Wildman–Crippen MR) is 110 cm³/mol. The number of amides is 1. The molecule has 1 atom stereocenters. The van der Waals surface area contributed by atoms with E-state index in [4.69, 9.17) is 9.57 Å². The van der Waals surface area contributed by atoms with E-state index in [0.29, 0.717) is 21.8 Å². The van der Waals surface area contributed by atoms with Crippen molar-refractivity contribution in [1.29, 1.82) is 0 Å². The van der Waals surface area contributed by atoms with Gasteiger partial charge >= 0.3 is 5.97 Å². The number of carbonyl (C=O) groups is 2. The molecule has 2 N–H and O–H groups in total. The number of thiophene rings is 1. The summed E-state index contributed by atoms with van der Waals surface area (Å²) in [5, 5.41) is 17.3. The molecule has 0 spiro atoms. The van der Waals surface area contributed by atoms with E-state index in [9.17, 15) is 14.7 Å². The highest BCUT2D eigenvalue weighted by Gasteiger charge is 2.33. The number of hydrogen-bond acceptors (Lipinski definition) is 7. The molecule has 29 heavy (non-hydrogen) atoms. The fourth-order valence-electron chi connectivity index (χ4n) is 3.66. The first-order valence-electron chi connectivity index (χ1n) is 9.72. The molecule has 0 fully saturated rings. The van der Waals surface area contributed by atoms with Crippen LogP contribution in [0.2, 0.25) is 0 Å². The zero-order chi connectivity index (χ0) is 20.4. The Bertz CT molecular complexity index is 981. The third-order valence-corrected chi connectivity index (χ3v) is 6.27. The highest BCUT2D eigenvalue weighted by atomic mass is 32.1. The number of phenolic OH excluding ortho intramolecular Hbond substituents is 1. The van der Waals surface area contributed by atoms with Crippen molar-refractivity contribution in [2.75, 3.05) is 11.9 Å². The number of nitrogens with zero attached hydrogens (tertiary/aromatic N) is 1. The number of esters is 1. The number of aromatic hydroxyl groups is 1. The van der Waals surface area contributed by atoms with Crippen LogP contribution in [0.15, 0.2) is 29.4 Å². The zero-order valence-corrected chi connectivity index (χ0v) is 16.9. The van der Waals surface area contributed by atoms with Crippen LogP contribution in [0.3, 0.4) is 0 Å². The summed E-state index contributed by atoms with van der Waals surface area (Å²) in [5.74, 6) is -0.685. The first-order valence-corrected chi connectivity index (χ1v) is 10.5. The highest BCUT2D eigenvalue weighted by Crippen LogP contribution is 2.39. The van der Waals surface area contributed by atoms with E-state index in [1.54, 1.807) is 31.2 Å². The highest BCUT2D eigenvalue weighted by molar-refractivity contribution is 7.17. The van der Waals surface area contributed by atoms with Crippen LogP contribution in [-0.4, -0.2) is 35.4 Å². The minimum Gasteiger partial charge on any atom is -0.507 e. The minimum atomic E-state index is -0.821. The van der Waals surface area contributed by atoms with Gasteiger partial charge in [0.2, 0.25) is 6.10 Å². The van der Waals surface area contributed by atoms with E-state index < -0.39 is 12.1 Å². The molecule has 152 valence electrons. The number of rotatable bonds is 5. The standard InChI is InChI=1S/C21H22N2O5S/c1-2-27-21(26)18-13-8-4-6-10-17(13)29-20(18)22-19(25)16-11-14(23-28-16)12-7-3-5-9-15(12)24/h3,5,7,9,16,24H,2,4,6,8,10-11H2,1H3,(H,22,25)/t16-/m1/s1. The normalized spacial score (nSPS) is 17.8. The van der Waals surface area contributed by atoms with Gasteiger partial charge in [-0.1, -0.05) is 17.3 Å². The monoisotopic (exact) mass is 414 g/mol. The topological polar surface area (TPSA) is 97.2 Å². The van der Waals surface area contributed by atoms with Gasteiger partial charge < -0.3 is 20.0 Å². The fourth-order valence-corrected chi connectivity index (χ4v) is 4.94. The van der Waals surface area contributed by atoms with Crippen LogP contribution < -0.4 is 5.32 Å². The Morgan fingerprint density at radius 1 is 1.31 bits per heavy atom. The third-order valence-electron chi connectivity index (χ3n) is 5.06. The summed E-state index contributed by atoms with van der Waals surface area (Å²) in [7, 11) is 0. The van der Waals surface area contributed by atoms with Crippen LogP contribution in [0.4, 0.5) is 5.00 Å². The second-order valence-electron chi connectivity index (χ2n) is 6.98. The molecule has 1 aromatic heterocycles. The Morgan fingerprint density at radius 3 is 2.90 bits per heavy atom. The van der Waals surface area contributed by atoms with Crippen LogP contribution in [0.25, 0.3) is 0 Å². The predicted octanol–water partition coefficient (Wildman–Crippen LogP) is 3.64. The van der Waals surface area contributed by atoms with Crippen LogP contribution >= 0.6 is 11.3 Å². The van der Waals surface area contributed by atoms with Crippen molar-refractivity contribution >= 4 is 33.9 Å². The SMILES string of the molecule is CCOC(=O)c1c(NC(=O)[C@H]2CC(c3ccccc3O)=NO2)sc2c1CCCC2. The van der Waals surface area contributed by atoms with Crippen molar-refractivity contribution in [3.63, 3.8) is 0 Å². The van der Waals surface area contributed by atoms with Gasteiger partial charge in [0.1, 0.15) is 10.8 Å². The van der Waals surface area contributed by atoms with E-state index in [2.05, 4.69) is 10.5 Å². The second kappa shape index (κ2) is 8.24. The summed E-state index contributed by atoms with van der Waals surface area (Å²) in [6, 6.07) is 6.79. The van der Waals surface area contributed by atoms with Crippen molar-refractivity contribution in [3.8, 4) is 5.75 Å². The van der Waals surface area contributed by atoms with Gasteiger partial charge in [-0.3, -0.25) is 4.79 Å². The van der Waals surface area contributed by atoms with Gasteiger partial charge in [-0.25, -0.2) is 4.79 Å². The van der Waals surface area contributed by atoms with Gasteiger partial charge in [-0.15, -0.1) is 11.3 Å². The summed E-state index contributed by atoms with van der Waals surface area (Å²) in [4.78, 5) is 31.8. The number of carbonyl (C=O) groups excluding carboxylic acids is 2. The first kappa shape index (κ1) is 19.4. The third kappa shape index (κ3) is 3.85. The number of nitrogens with one attached hydrogen (secondary N) is 1. The molecule has 2 aromatic rings. The van der Waals surface area contributed by atoms with Gasteiger partial charge in [0.15, 0.2) is 0 Å². The van der Waals surface area contributed by atoms with Crippen LogP contribution in [0.5, 0.6) is 5.75 Å². The van der Waals surface area contributed by atoms with Crippen molar-refractivity contribution < 1.29 is 24.3 Å². The Labute approximate surface area is 172 Å². The summed E-state index contributed by atoms with van der Waals surface area (Å²) >= 11 is 1.44. The number of para-hydroxylation sites is 1. The van der Waals surface area contributed by atoms with Gasteiger partial charge in [-0.2, -0.15) is 0 Å². The number of fused-ring (bicyclic) bond motifs is 1. The smallest absolute Gasteiger partial charge is 0.341 e. The van der Waals surface area contributed by atoms with Crippen LogP contribution in [-0.2, 0) is 27.2 Å². The van der Waals surface area contributed by atoms with E-state index in [1.165, 1.54) is 11.3 Å². The number of hydrogen-bond donors (Lipinski definition) is 2. The van der Waals surface area contributed by atoms with Crippen LogP contribution in [0, 0.1) is 0 Å². The maximum absolute atomic E-state index is 12.8. The molecule has 4 rings (SSSR count). The largest absolute Gasteiger partial charge is 0.507 e. The lowest BCUT2D eigenvalue weighted by atomic mass is 9.95. The molecular weight excluding hydrogens is 392 g/mol. The molecule has 0 saturated heterocycles. The Kier molecular flexibility index (Phi) is 5.53. The molecule has 2 aliphatic rings. The molecule has 1 aromatic carbocycles. The van der Waals surface area contributed by atoms with Crippen molar-refractivity contribution in [1.82, 2.24) is 0 Å². The Hall–Kier alpha value is -2.87. The second-order valence-corrected chi connectivity index (χ2v) is 8.08. The van der Waals surface area contributed by atoms with E-state index in [1.807, 2.05) is 0 Å². The van der Waals surface area contributed by atoms with Crippen LogP contribution in [0.1, 0.15) is 52.5 Å². The number of anilines is 1. The van der Waals surface area contributed by atoms with Crippen molar-refractivity contribution in [2.24, 2.45) is 5.16 Å². The number of aryl methyl sites for hydroxylation is 1. The molecule has 2 heterocycles. The maximum atomic E-state index is 12.8. The van der Waals surface area contributed by atoms with Crippen molar-refractivity contribution in [3.05, 3.63) is 45.8 Å². The van der Waals surface area contributed by atoms with Gasteiger partial charge in [0, 0.05) is 16.9 Å². The molecule has 1 amide bonds. The van der Waals surface area contributed by atoms with Gasteiger partial charge in [0.25, 0.3) is 5.91 Å². The molecule has 8 heteroatoms. The number of benzene rings is 1. The molecule has 1 aliphatic carbocycles. The summed E-state index contributed by atoms with van der Waals surface area (Å²) in [6.07, 6.45) is 3.24. The Balaban J connectivity index is 1.51. The fraction of sp³-hybridized carbons (Fsp3) is 0.381. The average Bonchev–Trinajstić information content (AvgIpc) is 3.33. The quantitative estimate of drug-likeness (QED) is 0.728. The summed E-state index contributed by atoms with van der Waals surface area (Å²) in [5.41, 5.74) is 2.52. The average molecular weight is 414 g/mol. The zero-order valence-electron chi connectivity index (χ0n) is 16.1. The Morgan fingerprint density at radius 2 is 2.10 bits per heavy atom. The van der Waals surface area contributed by atoms with E-state index in [-0.39, 0.29) is 24.7 Å². The first-order chi connectivity index (χ1) is 14.1. The molecule has 0 saturated carbocycles. The molecule has 1 aliphatic heterocycles. The van der Waals surface area contributed by atoms with E-state index >= 15 is 0 Å². The van der Waals surface area contributed by atoms with E-state index in [0.717, 1.165) is 36.1 Å². The molecule has 7 nitrogen and oxygen atoms in total. The molecular formula is C21H22N2O5S. The summed E-state index contributed by atoms with van der Waals surface area (Å²) in [6.45, 7) is 2.04. The lowest BCUT2D eigenvalue weighted by molar-refractivity contribution is -0.125. The summed E-state index contributed by atoms with van der Waals surface area (Å²) < 4.78 is 5.22. The minimum absolute atomic E-state index is 0.0893. The van der Waals surface area contributed by atoms with Gasteiger partial charge in [0.05, 0.1) is 17.9 Å². The maximum Gasteiger partial charge on any atom is 0.341 e. The number of oxime groups is 1. The van der Waals surface area contributed by atoms with Gasteiger partial charge in [-0.05, 0) is 50.3 Å². The molecule has 0 radical (unpaired) electrons. The lowest BCUT2D eigenvalue weighted by Gasteiger charge is -2.13. The molecule has 0 unspecified atom stereocenters.